The van der Waals surface area contributed by atoms with Crippen LogP contribution in [0.4, 0.5) is 0 Å². The molecule has 0 aromatic heterocycles. The summed E-state index contributed by atoms with van der Waals surface area (Å²) in [5.41, 5.74) is -0.729. The molecule has 0 aromatic rings. The Morgan fingerprint density at radius 3 is 2.27 bits per heavy atom. The third kappa shape index (κ3) is 6.50. The van der Waals surface area contributed by atoms with Crippen molar-refractivity contribution in [1.29, 1.82) is 0 Å². The van der Waals surface area contributed by atoms with Gasteiger partial charge in [-0.1, -0.05) is 27.7 Å². The van der Waals surface area contributed by atoms with Gasteiger partial charge in [-0.15, -0.1) is 0 Å². The molecule has 0 radical (unpaired) electrons. The highest BCUT2D eigenvalue weighted by Crippen LogP contribution is 2.13. The summed E-state index contributed by atoms with van der Waals surface area (Å²) in [6, 6.07) is 0. The van der Waals surface area contributed by atoms with Crippen molar-refractivity contribution in [2.75, 3.05) is 6.54 Å². The lowest BCUT2D eigenvalue weighted by molar-refractivity contribution is -0.122. The average molecular weight is 215 g/mol. The lowest BCUT2D eigenvalue weighted by Crippen LogP contribution is -2.42. The highest BCUT2D eigenvalue weighted by molar-refractivity contribution is 5.75. The van der Waals surface area contributed by atoms with Crippen LogP contribution in [0.3, 0.4) is 0 Å². The van der Waals surface area contributed by atoms with Crippen LogP contribution in [0.15, 0.2) is 0 Å². The van der Waals surface area contributed by atoms with E-state index in [0.29, 0.717) is 31.7 Å². The molecule has 0 saturated carbocycles. The summed E-state index contributed by atoms with van der Waals surface area (Å²) in [6.45, 7) is 8.44. The first-order valence-electron chi connectivity index (χ1n) is 5.92. The van der Waals surface area contributed by atoms with E-state index in [1.165, 1.54) is 0 Å². The first-order chi connectivity index (χ1) is 6.93. The SMILES string of the molecule is CCC(O)(CC)CNC(=O)CCC(C)C. The van der Waals surface area contributed by atoms with Gasteiger partial charge in [-0.25, -0.2) is 0 Å². The summed E-state index contributed by atoms with van der Waals surface area (Å²) in [5.74, 6) is 0.594. The van der Waals surface area contributed by atoms with E-state index < -0.39 is 5.60 Å². The molecule has 0 fully saturated rings. The quantitative estimate of drug-likeness (QED) is 0.683. The number of carbonyl (C=O) groups excluding carboxylic acids is 1. The first-order valence-corrected chi connectivity index (χ1v) is 5.92. The number of carbonyl (C=O) groups is 1. The zero-order valence-electron chi connectivity index (χ0n) is 10.5. The van der Waals surface area contributed by atoms with Gasteiger partial charge >= 0.3 is 0 Å². The van der Waals surface area contributed by atoms with Gasteiger partial charge in [0.15, 0.2) is 0 Å². The fourth-order valence-electron chi connectivity index (χ4n) is 1.27. The van der Waals surface area contributed by atoms with Crippen LogP contribution in [0.5, 0.6) is 0 Å². The van der Waals surface area contributed by atoms with Crippen LogP contribution in [0, 0.1) is 5.92 Å². The van der Waals surface area contributed by atoms with Gasteiger partial charge in [0.1, 0.15) is 0 Å². The van der Waals surface area contributed by atoms with Crippen molar-refractivity contribution in [1.82, 2.24) is 5.32 Å². The third-order valence-corrected chi connectivity index (χ3v) is 2.88. The number of amides is 1. The first kappa shape index (κ1) is 14.4. The highest BCUT2D eigenvalue weighted by atomic mass is 16.3. The Labute approximate surface area is 93.3 Å². The molecule has 15 heavy (non-hydrogen) atoms. The maximum atomic E-state index is 11.4. The van der Waals surface area contributed by atoms with Crippen molar-refractivity contribution in [3.05, 3.63) is 0 Å². The number of nitrogens with one attached hydrogen (secondary N) is 1. The topological polar surface area (TPSA) is 49.3 Å². The molecule has 90 valence electrons. The van der Waals surface area contributed by atoms with E-state index in [2.05, 4.69) is 19.2 Å². The van der Waals surface area contributed by atoms with E-state index in [-0.39, 0.29) is 5.91 Å². The minimum absolute atomic E-state index is 0.0454. The Balaban J connectivity index is 3.79. The van der Waals surface area contributed by atoms with Crippen LogP contribution in [0.25, 0.3) is 0 Å². The van der Waals surface area contributed by atoms with Gasteiger partial charge in [0.2, 0.25) is 5.91 Å². The Hall–Kier alpha value is -0.570. The Bertz CT molecular complexity index is 186. The maximum absolute atomic E-state index is 11.4. The lowest BCUT2D eigenvalue weighted by atomic mass is 9.97. The van der Waals surface area contributed by atoms with Gasteiger partial charge in [0.05, 0.1) is 5.60 Å². The predicted molar refractivity (Wildman–Crippen MR) is 62.6 cm³/mol. The molecule has 0 rings (SSSR count). The van der Waals surface area contributed by atoms with Crippen LogP contribution in [0.2, 0.25) is 0 Å². The third-order valence-electron chi connectivity index (χ3n) is 2.88. The summed E-state index contributed by atoms with van der Waals surface area (Å²) in [6.07, 6.45) is 2.81. The summed E-state index contributed by atoms with van der Waals surface area (Å²) in [5, 5.41) is 12.7. The fourth-order valence-corrected chi connectivity index (χ4v) is 1.27. The molecule has 3 nitrogen and oxygen atoms in total. The number of aliphatic hydroxyl groups is 1. The standard InChI is InChI=1S/C12H25NO2/c1-5-12(15,6-2)9-13-11(14)8-7-10(3)4/h10,15H,5-9H2,1-4H3,(H,13,14). The van der Waals surface area contributed by atoms with Crippen molar-refractivity contribution < 1.29 is 9.90 Å². The van der Waals surface area contributed by atoms with Gasteiger partial charge in [-0.05, 0) is 25.2 Å². The lowest BCUT2D eigenvalue weighted by Gasteiger charge is -2.25. The van der Waals surface area contributed by atoms with Gasteiger partial charge in [-0.3, -0.25) is 4.79 Å². The number of hydrogen-bond acceptors (Lipinski definition) is 2. The predicted octanol–water partition coefficient (Wildman–Crippen LogP) is 2.09. The van der Waals surface area contributed by atoms with Gasteiger partial charge < -0.3 is 10.4 Å². The molecular weight excluding hydrogens is 190 g/mol. The van der Waals surface area contributed by atoms with Crippen molar-refractivity contribution in [2.24, 2.45) is 5.92 Å². The summed E-state index contributed by atoms with van der Waals surface area (Å²) in [4.78, 5) is 11.4. The molecule has 0 bridgehead atoms. The molecule has 0 aromatic carbocycles. The van der Waals surface area contributed by atoms with Crippen LogP contribution in [-0.2, 0) is 4.79 Å². The zero-order chi connectivity index (χ0) is 11.9. The molecule has 3 heteroatoms. The Kier molecular flexibility index (Phi) is 6.57. The largest absolute Gasteiger partial charge is 0.388 e. The molecule has 0 aliphatic carbocycles. The molecule has 0 unspecified atom stereocenters. The van der Waals surface area contributed by atoms with E-state index in [1.54, 1.807) is 0 Å². The van der Waals surface area contributed by atoms with Gasteiger partial charge in [0, 0.05) is 13.0 Å². The molecular formula is C12H25NO2. The van der Waals surface area contributed by atoms with E-state index in [0.717, 1.165) is 6.42 Å². The zero-order valence-corrected chi connectivity index (χ0v) is 10.5. The fraction of sp³-hybridized carbons (Fsp3) is 0.917. The van der Waals surface area contributed by atoms with E-state index in [1.807, 2.05) is 13.8 Å². The second kappa shape index (κ2) is 6.83. The highest BCUT2D eigenvalue weighted by Gasteiger charge is 2.22. The monoisotopic (exact) mass is 215 g/mol. The molecule has 0 aliphatic rings. The molecule has 0 spiro atoms. The number of rotatable bonds is 7. The molecule has 0 heterocycles. The van der Waals surface area contributed by atoms with Crippen LogP contribution >= 0.6 is 0 Å². The van der Waals surface area contributed by atoms with Crippen molar-refractivity contribution >= 4 is 5.91 Å². The minimum Gasteiger partial charge on any atom is -0.388 e. The van der Waals surface area contributed by atoms with Crippen molar-refractivity contribution in [3.63, 3.8) is 0 Å². The molecule has 2 N–H and O–H groups in total. The van der Waals surface area contributed by atoms with Gasteiger partial charge in [0.25, 0.3) is 0 Å². The summed E-state index contributed by atoms with van der Waals surface area (Å²) in [7, 11) is 0. The second-order valence-corrected chi connectivity index (χ2v) is 4.64. The van der Waals surface area contributed by atoms with Gasteiger partial charge in [-0.2, -0.15) is 0 Å². The maximum Gasteiger partial charge on any atom is 0.220 e. The molecule has 0 saturated heterocycles. The molecule has 0 aliphatic heterocycles. The van der Waals surface area contributed by atoms with E-state index in [4.69, 9.17) is 0 Å². The van der Waals surface area contributed by atoms with Crippen molar-refractivity contribution in [2.45, 2.75) is 59.0 Å². The molecule has 1 amide bonds. The summed E-state index contributed by atoms with van der Waals surface area (Å²) < 4.78 is 0. The molecule has 0 atom stereocenters. The van der Waals surface area contributed by atoms with Crippen LogP contribution in [0.1, 0.15) is 53.4 Å². The van der Waals surface area contributed by atoms with E-state index >= 15 is 0 Å². The van der Waals surface area contributed by atoms with Crippen LogP contribution < -0.4 is 5.32 Å². The smallest absolute Gasteiger partial charge is 0.220 e. The Morgan fingerprint density at radius 1 is 1.33 bits per heavy atom. The summed E-state index contributed by atoms with van der Waals surface area (Å²) >= 11 is 0. The Morgan fingerprint density at radius 2 is 1.87 bits per heavy atom. The van der Waals surface area contributed by atoms with Crippen molar-refractivity contribution in [3.8, 4) is 0 Å². The minimum atomic E-state index is -0.729. The number of hydrogen-bond donors (Lipinski definition) is 2. The normalized spacial score (nSPS) is 11.9. The van der Waals surface area contributed by atoms with E-state index in [9.17, 15) is 9.90 Å². The average Bonchev–Trinajstić information content (AvgIpc) is 2.23. The van der Waals surface area contributed by atoms with Crippen LogP contribution in [-0.4, -0.2) is 23.2 Å². The second-order valence-electron chi connectivity index (χ2n) is 4.64.